The zero-order chi connectivity index (χ0) is 18.1. The number of para-hydroxylation sites is 3. The van der Waals surface area contributed by atoms with Crippen LogP contribution in [0.4, 0.5) is 4.79 Å². The first-order valence-electron chi connectivity index (χ1n) is 8.01. The number of primary amides is 1. The van der Waals surface area contributed by atoms with Crippen molar-refractivity contribution in [3.8, 4) is 0 Å². The van der Waals surface area contributed by atoms with Gasteiger partial charge < -0.3 is 5.73 Å². The molecule has 0 saturated carbocycles. The second-order valence-corrected chi connectivity index (χ2v) is 6.74. The quantitative estimate of drug-likeness (QED) is 0.428. The summed E-state index contributed by atoms with van der Waals surface area (Å²) in [6, 6.07) is 14.9. The number of imidazole rings is 1. The first-order chi connectivity index (χ1) is 12.6. The molecule has 2 aromatic heterocycles. The summed E-state index contributed by atoms with van der Waals surface area (Å²) in [6.45, 7) is 0. The molecule has 7 nitrogen and oxygen atoms in total. The molecule has 0 aliphatic rings. The van der Waals surface area contributed by atoms with Gasteiger partial charge in [0.15, 0.2) is 5.16 Å². The second-order valence-electron chi connectivity index (χ2n) is 5.68. The number of aromatic nitrogens is 3. The summed E-state index contributed by atoms with van der Waals surface area (Å²) in [5.74, 6) is 0.0593. The van der Waals surface area contributed by atoms with Gasteiger partial charge in [0, 0.05) is 17.6 Å². The molecule has 0 bridgehead atoms. The van der Waals surface area contributed by atoms with Crippen LogP contribution in [0, 0.1) is 0 Å². The van der Waals surface area contributed by atoms with Crippen LogP contribution in [0.3, 0.4) is 0 Å². The Hall–Kier alpha value is -3.13. The molecule has 2 aromatic carbocycles. The van der Waals surface area contributed by atoms with E-state index in [4.69, 9.17) is 15.7 Å². The molecule has 0 radical (unpaired) electrons. The topological polar surface area (TPSA) is 102 Å². The van der Waals surface area contributed by atoms with Gasteiger partial charge in [-0.1, -0.05) is 36.0 Å². The monoisotopic (exact) mass is 365 g/mol. The number of nitrogens with zero attached hydrogens (tertiary/aromatic N) is 3. The largest absolute Gasteiger partial charge is 0.351 e. The van der Waals surface area contributed by atoms with Crippen LogP contribution >= 0.6 is 11.8 Å². The summed E-state index contributed by atoms with van der Waals surface area (Å²) < 4.78 is 2.01. The van der Waals surface area contributed by atoms with Gasteiger partial charge in [-0.2, -0.15) is 0 Å². The lowest BCUT2D eigenvalue weighted by atomic mass is 10.2. The summed E-state index contributed by atoms with van der Waals surface area (Å²) in [5.41, 5.74) is 8.49. The van der Waals surface area contributed by atoms with Crippen molar-refractivity contribution in [1.82, 2.24) is 19.7 Å². The van der Waals surface area contributed by atoms with Crippen molar-refractivity contribution < 1.29 is 9.59 Å². The molecule has 3 amide bonds. The molecule has 130 valence electrons. The Balaban J connectivity index is 1.77. The van der Waals surface area contributed by atoms with E-state index in [1.807, 2.05) is 52.9 Å². The van der Waals surface area contributed by atoms with Crippen LogP contribution in [0.5, 0.6) is 0 Å². The lowest BCUT2D eigenvalue weighted by Gasteiger charge is -2.08. The van der Waals surface area contributed by atoms with E-state index in [9.17, 15) is 9.59 Å². The van der Waals surface area contributed by atoms with Crippen LogP contribution in [-0.2, 0) is 4.79 Å². The predicted molar refractivity (Wildman–Crippen MR) is 101 cm³/mol. The van der Waals surface area contributed by atoms with E-state index in [0.717, 1.165) is 32.7 Å². The lowest BCUT2D eigenvalue weighted by molar-refractivity contribution is -0.119. The predicted octanol–water partition coefficient (Wildman–Crippen LogP) is 2.71. The highest BCUT2D eigenvalue weighted by Crippen LogP contribution is 2.29. The van der Waals surface area contributed by atoms with Crippen molar-refractivity contribution in [3.63, 3.8) is 0 Å². The summed E-state index contributed by atoms with van der Waals surface area (Å²) in [4.78, 5) is 31.9. The SMILES string of the molecule is NC(=O)NC(=O)CCSc1nc2ccccc2c2nc3ccccc3n12. The van der Waals surface area contributed by atoms with Gasteiger partial charge in [-0.25, -0.2) is 14.8 Å². The van der Waals surface area contributed by atoms with Crippen LogP contribution in [0.25, 0.3) is 27.6 Å². The lowest BCUT2D eigenvalue weighted by Crippen LogP contribution is -2.35. The van der Waals surface area contributed by atoms with Gasteiger partial charge >= 0.3 is 6.03 Å². The van der Waals surface area contributed by atoms with Crippen LogP contribution in [0.1, 0.15) is 6.42 Å². The van der Waals surface area contributed by atoms with Crippen molar-refractivity contribution in [2.24, 2.45) is 5.73 Å². The summed E-state index contributed by atoms with van der Waals surface area (Å²) in [5, 5.41) is 3.79. The van der Waals surface area contributed by atoms with Crippen LogP contribution in [-0.4, -0.2) is 32.1 Å². The molecule has 0 spiro atoms. The minimum atomic E-state index is -0.841. The molecule has 0 atom stereocenters. The Morgan fingerprint density at radius 3 is 2.58 bits per heavy atom. The molecule has 0 saturated heterocycles. The maximum atomic E-state index is 11.6. The third-order valence-corrected chi connectivity index (χ3v) is 4.88. The summed E-state index contributed by atoms with van der Waals surface area (Å²) >= 11 is 1.44. The third-order valence-electron chi connectivity index (χ3n) is 3.94. The van der Waals surface area contributed by atoms with Gasteiger partial charge in [0.05, 0.1) is 16.6 Å². The molecule has 0 aliphatic heterocycles. The Labute approximate surface area is 152 Å². The minimum Gasteiger partial charge on any atom is -0.351 e. The molecule has 0 aliphatic carbocycles. The van der Waals surface area contributed by atoms with Crippen molar-refractivity contribution in [2.45, 2.75) is 11.6 Å². The third kappa shape index (κ3) is 2.95. The highest BCUT2D eigenvalue weighted by molar-refractivity contribution is 7.99. The molecule has 0 fully saturated rings. The van der Waals surface area contributed by atoms with Gasteiger partial charge in [-0.05, 0) is 24.3 Å². The van der Waals surface area contributed by atoms with Crippen LogP contribution in [0.2, 0.25) is 0 Å². The number of fused-ring (bicyclic) bond motifs is 5. The van der Waals surface area contributed by atoms with E-state index in [0.29, 0.717) is 5.75 Å². The molecule has 26 heavy (non-hydrogen) atoms. The van der Waals surface area contributed by atoms with E-state index in [2.05, 4.69) is 5.32 Å². The fraction of sp³-hybridized carbons (Fsp3) is 0.111. The maximum absolute atomic E-state index is 11.6. The number of carbonyl (C=O) groups excluding carboxylic acids is 2. The van der Waals surface area contributed by atoms with Crippen LogP contribution < -0.4 is 11.1 Å². The Kier molecular flexibility index (Phi) is 4.18. The van der Waals surface area contributed by atoms with E-state index in [1.165, 1.54) is 11.8 Å². The molecule has 8 heteroatoms. The Morgan fingerprint density at radius 2 is 1.77 bits per heavy atom. The van der Waals surface area contributed by atoms with Crippen molar-refractivity contribution >= 4 is 51.3 Å². The average molecular weight is 365 g/mol. The number of hydrogen-bond donors (Lipinski definition) is 2. The number of nitrogens with two attached hydrogens (primary N) is 1. The van der Waals surface area contributed by atoms with Crippen molar-refractivity contribution in [1.29, 1.82) is 0 Å². The standard InChI is InChI=1S/C18H15N5O2S/c19-17(25)22-15(24)9-10-26-18-21-12-6-2-1-5-11(12)16-20-13-7-3-4-8-14(13)23(16)18/h1-8H,9-10H2,(H3,19,22,24,25). The summed E-state index contributed by atoms with van der Waals surface area (Å²) in [6.07, 6.45) is 0.163. The van der Waals surface area contributed by atoms with Crippen molar-refractivity contribution in [2.75, 3.05) is 5.75 Å². The Morgan fingerprint density at radius 1 is 1.04 bits per heavy atom. The minimum absolute atomic E-state index is 0.163. The average Bonchev–Trinajstić information content (AvgIpc) is 3.01. The molecule has 4 aromatic rings. The number of rotatable bonds is 4. The van der Waals surface area contributed by atoms with Gasteiger partial charge in [0.1, 0.15) is 5.65 Å². The van der Waals surface area contributed by atoms with E-state index >= 15 is 0 Å². The Bertz CT molecular complexity index is 1150. The van der Waals surface area contributed by atoms with Gasteiger partial charge in [0.2, 0.25) is 5.91 Å². The number of urea groups is 1. The number of imide groups is 1. The normalized spacial score (nSPS) is 11.2. The molecule has 3 N–H and O–H groups in total. The second kappa shape index (κ2) is 6.64. The van der Waals surface area contributed by atoms with Gasteiger partial charge in [0.25, 0.3) is 0 Å². The van der Waals surface area contributed by atoms with Crippen LogP contribution in [0.15, 0.2) is 53.7 Å². The molecule has 0 unspecified atom stereocenters. The summed E-state index contributed by atoms with van der Waals surface area (Å²) in [7, 11) is 0. The fourth-order valence-corrected chi connectivity index (χ4v) is 3.79. The highest BCUT2D eigenvalue weighted by atomic mass is 32.2. The number of nitrogens with one attached hydrogen (secondary N) is 1. The smallest absolute Gasteiger partial charge is 0.318 e. The first kappa shape index (κ1) is 16.3. The number of amides is 3. The molecule has 2 heterocycles. The van der Waals surface area contributed by atoms with Crippen molar-refractivity contribution in [3.05, 3.63) is 48.5 Å². The highest BCUT2D eigenvalue weighted by Gasteiger charge is 2.14. The van der Waals surface area contributed by atoms with Gasteiger partial charge in [-0.3, -0.25) is 14.5 Å². The zero-order valence-corrected chi connectivity index (χ0v) is 14.5. The number of hydrogen-bond acceptors (Lipinski definition) is 5. The molecular formula is C18H15N5O2S. The molecule has 4 rings (SSSR count). The number of carbonyl (C=O) groups is 2. The maximum Gasteiger partial charge on any atom is 0.318 e. The van der Waals surface area contributed by atoms with E-state index < -0.39 is 11.9 Å². The zero-order valence-electron chi connectivity index (χ0n) is 13.7. The number of benzene rings is 2. The van der Waals surface area contributed by atoms with Gasteiger partial charge in [-0.15, -0.1) is 0 Å². The van der Waals surface area contributed by atoms with E-state index in [1.54, 1.807) is 0 Å². The molecular weight excluding hydrogens is 350 g/mol. The van der Waals surface area contributed by atoms with E-state index in [-0.39, 0.29) is 6.42 Å². The number of thioether (sulfide) groups is 1. The first-order valence-corrected chi connectivity index (χ1v) is 9.00. The fourth-order valence-electron chi connectivity index (χ4n) is 2.85.